The molecule has 0 amide bonds. The smallest absolute Gasteiger partial charge is 0.428 e. The molecule has 0 bridgehead atoms. The number of hydrogen-bond donors (Lipinski definition) is 0. The molecule has 0 aliphatic heterocycles. The number of nitriles is 1. The molecule has 0 saturated carbocycles. The van der Waals surface area contributed by atoms with E-state index in [1.807, 2.05) is 6.07 Å². The minimum absolute atomic E-state index is 0.119. The van der Waals surface area contributed by atoms with Crippen molar-refractivity contribution in [2.45, 2.75) is 49.8 Å². The Bertz CT molecular complexity index is 1320. The van der Waals surface area contributed by atoms with Crippen LogP contribution >= 0.6 is 0 Å². The zero-order chi connectivity index (χ0) is 28.8. The largest absolute Gasteiger partial charge is 0.461 e. The Kier molecular flexibility index (Phi) is 8.99. The second kappa shape index (κ2) is 11.8. The summed E-state index contributed by atoms with van der Waals surface area (Å²) in [5.74, 6) is -3.00. The minimum Gasteiger partial charge on any atom is -0.428 e. The fourth-order valence-electron chi connectivity index (χ4n) is 4.25. The topological polar surface area (TPSA) is 50.1 Å². The van der Waals surface area contributed by atoms with E-state index in [0.29, 0.717) is 11.6 Å². The van der Waals surface area contributed by atoms with E-state index < -0.39 is 60.7 Å². The quantitative estimate of drug-likeness (QED) is 0.227. The first kappa shape index (κ1) is 29.6. The molecule has 0 heterocycles. The normalized spacial score (nSPS) is 13.5. The van der Waals surface area contributed by atoms with E-state index >= 15 is 0 Å². The zero-order valence-electron chi connectivity index (χ0n) is 20.1. The van der Waals surface area contributed by atoms with Crippen LogP contribution in [-0.4, -0.2) is 24.5 Å². The highest BCUT2D eigenvalue weighted by atomic mass is 19.4. The third-order valence-electron chi connectivity index (χ3n) is 6.03. The maximum atomic E-state index is 14.8. The molecule has 206 valence electrons. The molecule has 0 unspecified atom stereocenters. The van der Waals surface area contributed by atoms with Crippen LogP contribution in [0.2, 0.25) is 0 Å². The molecule has 11 heteroatoms. The number of ketones is 1. The van der Waals surface area contributed by atoms with Gasteiger partial charge in [0, 0.05) is 24.3 Å². The van der Waals surface area contributed by atoms with Crippen molar-refractivity contribution in [3.63, 3.8) is 0 Å². The summed E-state index contributed by atoms with van der Waals surface area (Å²) >= 11 is 0. The number of carbonyl (C=O) groups excluding carboxylic acids is 1. The van der Waals surface area contributed by atoms with Gasteiger partial charge >= 0.3 is 18.7 Å². The molecular weight excluding hydrogens is 534 g/mol. The Morgan fingerprint density at radius 2 is 1.54 bits per heavy atom. The van der Waals surface area contributed by atoms with Crippen LogP contribution in [0.3, 0.4) is 0 Å². The number of rotatable bonds is 11. The van der Waals surface area contributed by atoms with E-state index in [1.54, 1.807) is 30.3 Å². The lowest BCUT2D eigenvalue weighted by molar-refractivity contribution is -0.253. The van der Waals surface area contributed by atoms with Crippen LogP contribution in [0.4, 0.5) is 35.1 Å². The van der Waals surface area contributed by atoms with Crippen molar-refractivity contribution in [3.8, 4) is 11.8 Å². The van der Waals surface area contributed by atoms with Crippen molar-refractivity contribution in [2.24, 2.45) is 0 Å². The van der Waals surface area contributed by atoms with Crippen LogP contribution in [0.5, 0.6) is 5.75 Å². The third-order valence-corrected chi connectivity index (χ3v) is 6.03. The van der Waals surface area contributed by atoms with Crippen LogP contribution in [0, 0.1) is 17.1 Å². The van der Waals surface area contributed by atoms with Gasteiger partial charge in [0.05, 0.1) is 18.1 Å². The van der Waals surface area contributed by atoms with Crippen LogP contribution in [0.25, 0.3) is 0 Å². The molecule has 0 aliphatic carbocycles. The first-order chi connectivity index (χ1) is 18.2. The van der Waals surface area contributed by atoms with Crippen LogP contribution in [0.1, 0.15) is 41.5 Å². The van der Waals surface area contributed by atoms with E-state index in [4.69, 9.17) is 0 Å². The number of hydrogen-bond acceptors (Lipinski definition) is 3. The molecule has 3 aromatic carbocycles. The van der Waals surface area contributed by atoms with Crippen LogP contribution < -0.4 is 4.74 Å². The van der Waals surface area contributed by atoms with E-state index in [2.05, 4.69) is 4.74 Å². The van der Waals surface area contributed by atoms with Crippen molar-refractivity contribution >= 4 is 5.78 Å². The molecule has 0 radical (unpaired) electrons. The average Bonchev–Trinajstić information content (AvgIpc) is 2.86. The van der Waals surface area contributed by atoms with Crippen molar-refractivity contribution < 1.29 is 44.7 Å². The first-order valence-electron chi connectivity index (χ1n) is 11.5. The lowest BCUT2D eigenvalue weighted by Gasteiger charge is -2.36. The van der Waals surface area contributed by atoms with Gasteiger partial charge in [0.15, 0.2) is 0 Å². The number of ether oxygens (including phenoxy) is 1. The second-order valence-corrected chi connectivity index (χ2v) is 8.90. The van der Waals surface area contributed by atoms with Crippen molar-refractivity contribution in [3.05, 3.63) is 101 Å². The molecule has 3 aromatic rings. The summed E-state index contributed by atoms with van der Waals surface area (Å²) in [5, 5.41) is 9.19. The van der Waals surface area contributed by atoms with Gasteiger partial charge in [-0.2, -0.15) is 36.0 Å². The monoisotopic (exact) mass is 555 g/mol. The number of alkyl halides is 7. The lowest BCUT2D eigenvalue weighted by atomic mass is 9.67. The van der Waals surface area contributed by atoms with Crippen LogP contribution in [0.15, 0.2) is 72.8 Å². The maximum absolute atomic E-state index is 14.8. The molecule has 0 aliphatic rings. The Hall–Kier alpha value is -3.94. The van der Waals surface area contributed by atoms with Gasteiger partial charge in [-0.1, -0.05) is 42.5 Å². The summed E-state index contributed by atoms with van der Waals surface area (Å²) in [5.41, 5.74) is -0.816. The minimum atomic E-state index is -4.97. The predicted octanol–water partition coefficient (Wildman–Crippen LogP) is 7.76. The zero-order valence-corrected chi connectivity index (χ0v) is 20.1. The first-order valence-corrected chi connectivity index (χ1v) is 11.5. The van der Waals surface area contributed by atoms with E-state index in [-0.39, 0.29) is 23.1 Å². The fraction of sp³-hybridized carbons (Fsp3) is 0.286. The number of Topliss-reactive ketones (excluding diaryl/α,β-unsaturated/α-hetero) is 1. The molecule has 0 fully saturated rings. The Morgan fingerprint density at radius 3 is 2.10 bits per heavy atom. The molecule has 0 spiro atoms. The predicted molar refractivity (Wildman–Crippen MR) is 125 cm³/mol. The number of halogens is 8. The van der Waals surface area contributed by atoms with Gasteiger partial charge < -0.3 is 4.74 Å². The summed E-state index contributed by atoms with van der Waals surface area (Å²) in [6.07, 6.45) is -16.9. The molecule has 39 heavy (non-hydrogen) atoms. The summed E-state index contributed by atoms with van der Waals surface area (Å²) in [7, 11) is 0. The summed E-state index contributed by atoms with van der Waals surface area (Å²) in [4.78, 5) is 13.0. The van der Waals surface area contributed by atoms with Gasteiger partial charge in [-0.25, -0.2) is 4.39 Å². The summed E-state index contributed by atoms with van der Waals surface area (Å²) in [6, 6.07) is 17.9. The van der Waals surface area contributed by atoms with Crippen molar-refractivity contribution in [2.75, 3.05) is 0 Å². The van der Waals surface area contributed by atoms with Crippen molar-refractivity contribution in [1.29, 1.82) is 5.26 Å². The number of benzene rings is 3. The van der Waals surface area contributed by atoms with E-state index in [9.17, 15) is 45.2 Å². The van der Waals surface area contributed by atoms with Gasteiger partial charge in [0.1, 0.15) is 17.3 Å². The van der Waals surface area contributed by atoms with Crippen LogP contribution in [-0.2, 0) is 16.6 Å². The molecule has 1 atom stereocenters. The van der Waals surface area contributed by atoms with E-state index in [1.165, 1.54) is 24.3 Å². The highest BCUT2D eigenvalue weighted by Crippen LogP contribution is 2.42. The standard InChI is InChI=1S/C28H21F8NO2/c29-22-12-21(13-24(14-22)39-28(35,36)25(30)31)26(15-18-4-2-1-3-5-18,16-23(38)10-11-27(32,33)34)20-8-6-19(17-37)7-9-20/h1-9,12-14,25H,10-11,15-16H2/t26-/m1/s1. The third kappa shape index (κ3) is 7.78. The van der Waals surface area contributed by atoms with Gasteiger partial charge in [-0.3, -0.25) is 4.79 Å². The number of carbonyl (C=O) groups is 1. The maximum Gasteiger partial charge on any atom is 0.461 e. The molecule has 3 rings (SSSR count). The highest BCUT2D eigenvalue weighted by Gasteiger charge is 2.45. The Morgan fingerprint density at radius 1 is 0.897 bits per heavy atom. The second-order valence-electron chi connectivity index (χ2n) is 8.90. The van der Waals surface area contributed by atoms with Gasteiger partial charge in [-0.05, 0) is 47.4 Å². The fourth-order valence-corrected chi connectivity index (χ4v) is 4.25. The van der Waals surface area contributed by atoms with E-state index in [0.717, 1.165) is 12.1 Å². The molecule has 0 aromatic heterocycles. The van der Waals surface area contributed by atoms with Gasteiger partial charge in [0.25, 0.3) is 0 Å². The van der Waals surface area contributed by atoms with Gasteiger partial charge in [0.2, 0.25) is 0 Å². The SMILES string of the molecule is N#Cc1ccc([C@](CC(=O)CCC(F)(F)F)(Cc2ccccc2)c2cc(F)cc(OC(F)(F)C(F)F)c2)cc1. The molecule has 3 nitrogen and oxygen atoms in total. The molecule has 0 N–H and O–H groups in total. The summed E-state index contributed by atoms with van der Waals surface area (Å²) < 4.78 is 110. The molecular formula is C28H21F8NO2. The number of nitrogens with zero attached hydrogens (tertiary/aromatic N) is 1. The molecule has 0 saturated heterocycles. The Balaban J connectivity index is 2.24. The highest BCUT2D eigenvalue weighted by molar-refractivity contribution is 5.81. The van der Waals surface area contributed by atoms with Gasteiger partial charge in [-0.15, -0.1) is 0 Å². The average molecular weight is 555 g/mol. The summed E-state index contributed by atoms with van der Waals surface area (Å²) in [6.45, 7) is 0. The Labute approximate surface area is 218 Å². The van der Waals surface area contributed by atoms with Crippen molar-refractivity contribution in [1.82, 2.24) is 0 Å². The lowest BCUT2D eigenvalue weighted by Crippen LogP contribution is -2.35.